The first-order chi connectivity index (χ1) is 13.1. The van der Waals surface area contributed by atoms with E-state index in [0.29, 0.717) is 19.8 Å². The van der Waals surface area contributed by atoms with Crippen molar-refractivity contribution in [2.75, 3.05) is 32.9 Å². The highest BCUT2D eigenvalue weighted by Crippen LogP contribution is 2.31. The zero-order chi connectivity index (χ0) is 19.5. The molecule has 1 fully saturated rings. The summed E-state index contributed by atoms with van der Waals surface area (Å²) in [5.41, 5.74) is 2.32. The van der Waals surface area contributed by atoms with Gasteiger partial charge in [-0.1, -0.05) is 24.3 Å². The van der Waals surface area contributed by atoms with Gasteiger partial charge in [0.05, 0.1) is 25.9 Å². The molecule has 27 heavy (non-hydrogen) atoms. The van der Waals surface area contributed by atoms with Gasteiger partial charge < -0.3 is 25.2 Å². The third kappa shape index (κ3) is 7.48. The van der Waals surface area contributed by atoms with Crippen molar-refractivity contribution in [3.8, 4) is 0 Å². The zero-order valence-corrected chi connectivity index (χ0v) is 17.0. The highest BCUT2D eigenvalue weighted by molar-refractivity contribution is 5.79. The molecular formula is C21H35N3O3. The van der Waals surface area contributed by atoms with Gasteiger partial charge in [-0.2, -0.15) is 0 Å². The number of benzene rings is 1. The Bertz CT molecular complexity index is 584. The average Bonchev–Trinajstić information content (AvgIpc) is 3.12. The SMILES string of the molecule is CCNC(=NCc1cccc(COC(C)C)c1)NCC1(CCO)CCOC1. The number of nitrogens with one attached hydrogen (secondary N) is 2. The van der Waals surface area contributed by atoms with E-state index in [4.69, 9.17) is 14.5 Å². The molecule has 1 atom stereocenters. The number of guanidine groups is 1. The number of aliphatic imine (C=N–C) groups is 1. The van der Waals surface area contributed by atoms with Crippen molar-refractivity contribution < 1.29 is 14.6 Å². The van der Waals surface area contributed by atoms with Crippen molar-refractivity contribution in [2.45, 2.75) is 52.9 Å². The van der Waals surface area contributed by atoms with Gasteiger partial charge in [-0.25, -0.2) is 4.99 Å². The average molecular weight is 378 g/mol. The van der Waals surface area contributed by atoms with Gasteiger partial charge in [-0.05, 0) is 44.7 Å². The van der Waals surface area contributed by atoms with E-state index in [-0.39, 0.29) is 18.1 Å². The molecule has 0 aliphatic carbocycles. The molecular weight excluding hydrogens is 342 g/mol. The number of hydrogen-bond acceptors (Lipinski definition) is 4. The lowest BCUT2D eigenvalue weighted by Gasteiger charge is -2.27. The molecule has 1 aliphatic heterocycles. The predicted molar refractivity (Wildman–Crippen MR) is 109 cm³/mol. The van der Waals surface area contributed by atoms with E-state index in [0.717, 1.165) is 44.1 Å². The molecule has 0 radical (unpaired) electrons. The minimum absolute atomic E-state index is 0.000950. The third-order valence-corrected chi connectivity index (χ3v) is 4.80. The Labute approximate surface area is 163 Å². The second-order valence-electron chi connectivity index (χ2n) is 7.50. The van der Waals surface area contributed by atoms with Gasteiger partial charge in [-0.15, -0.1) is 0 Å². The molecule has 2 rings (SSSR count). The Morgan fingerprint density at radius 1 is 1.33 bits per heavy atom. The Morgan fingerprint density at radius 2 is 2.15 bits per heavy atom. The number of aliphatic hydroxyl groups is 1. The van der Waals surface area contributed by atoms with Crippen molar-refractivity contribution in [2.24, 2.45) is 10.4 Å². The summed E-state index contributed by atoms with van der Waals surface area (Å²) in [5.74, 6) is 0.797. The molecule has 0 bridgehead atoms. The lowest BCUT2D eigenvalue weighted by molar-refractivity contribution is 0.0657. The Morgan fingerprint density at radius 3 is 2.81 bits per heavy atom. The molecule has 0 saturated carbocycles. The van der Waals surface area contributed by atoms with E-state index in [9.17, 15) is 5.11 Å². The third-order valence-electron chi connectivity index (χ3n) is 4.80. The summed E-state index contributed by atoms with van der Waals surface area (Å²) in [6.07, 6.45) is 1.94. The van der Waals surface area contributed by atoms with Crippen LogP contribution in [-0.2, 0) is 22.6 Å². The molecule has 3 N–H and O–H groups in total. The van der Waals surface area contributed by atoms with Crippen LogP contribution in [0.3, 0.4) is 0 Å². The summed E-state index contributed by atoms with van der Waals surface area (Å²) < 4.78 is 11.2. The molecule has 6 nitrogen and oxygen atoms in total. The smallest absolute Gasteiger partial charge is 0.191 e. The van der Waals surface area contributed by atoms with Crippen molar-refractivity contribution in [1.82, 2.24) is 10.6 Å². The van der Waals surface area contributed by atoms with E-state index in [1.54, 1.807) is 0 Å². The topological polar surface area (TPSA) is 75.1 Å². The molecule has 0 spiro atoms. The highest BCUT2D eigenvalue weighted by atomic mass is 16.5. The first-order valence-electron chi connectivity index (χ1n) is 9.97. The van der Waals surface area contributed by atoms with E-state index >= 15 is 0 Å². The molecule has 6 heteroatoms. The van der Waals surface area contributed by atoms with Gasteiger partial charge in [0.2, 0.25) is 0 Å². The Hall–Kier alpha value is -1.63. The highest BCUT2D eigenvalue weighted by Gasteiger charge is 2.34. The van der Waals surface area contributed by atoms with Crippen LogP contribution in [-0.4, -0.2) is 50.1 Å². The van der Waals surface area contributed by atoms with Gasteiger partial charge in [-0.3, -0.25) is 0 Å². The molecule has 1 saturated heterocycles. The number of nitrogens with zero attached hydrogens (tertiary/aromatic N) is 1. The van der Waals surface area contributed by atoms with Gasteiger partial charge >= 0.3 is 0 Å². The van der Waals surface area contributed by atoms with Gasteiger partial charge in [0, 0.05) is 31.7 Å². The van der Waals surface area contributed by atoms with Crippen LogP contribution in [0.4, 0.5) is 0 Å². The van der Waals surface area contributed by atoms with Crippen molar-refractivity contribution in [1.29, 1.82) is 0 Å². The van der Waals surface area contributed by atoms with Crippen molar-refractivity contribution in [3.05, 3.63) is 35.4 Å². The van der Waals surface area contributed by atoms with E-state index < -0.39 is 0 Å². The van der Waals surface area contributed by atoms with Gasteiger partial charge in [0.15, 0.2) is 5.96 Å². The lowest BCUT2D eigenvalue weighted by Crippen LogP contribution is -2.44. The number of rotatable bonds is 10. The largest absolute Gasteiger partial charge is 0.396 e. The van der Waals surface area contributed by atoms with Gasteiger partial charge in [0.1, 0.15) is 0 Å². The van der Waals surface area contributed by atoms with Crippen molar-refractivity contribution in [3.63, 3.8) is 0 Å². The van der Waals surface area contributed by atoms with Crippen LogP contribution in [0.1, 0.15) is 44.7 Å². The van der Waals surface area contributed by atoms with Crippen LogP contribution >= 0.6 is 0 Å². The fourth-order valence-electron chi connectivity index (χ4n) is 3.18. The van der Waals surface area contributed by atoms with Crippen LogP contribution < -0.4 is 10.6 Å². The standard InChI is InChI=1S/C21H35N3O3/c1-4-22-20(24-15-21(8-10-25)9-11-26-16-21)23-13-18-6-5-7-19(12-18)14-27-17(2)3/h5-7,12,17,25H,4,8-11,13-16H2,1-3H3,(H2,22,23,24). The van der Waals surface area contributed by atoms with Gasteiger partial charge in [0.25, 0.3) is 0 Å². The summed E-state index contributed by atoms with van der Waals surface area (Å²) >= 11 is 0. The molecule has 1 aliphatic rings. The number of hydrogen-bond donors (Lipinski definition) is 3. The summed E-state index contributed by atoms with van der Waals surface area (Å²) in [4.78, 5) is 4.72. The lowest BCUT2D eigenvalue weighted by atomic mass is 9.84. The maximum Gasteiger partial charge on any atom is 0.191 e. The quantitative estimate of drug-likeness (QED) is 0.431. The predicted octanol–water partition coefficient (Wildman–Crippen LogP) is 2.46. The molecule has 1 heterocycles. The normalized spacial score (nSPS) is 20.3. The summed E-state index contributed by atoms with van der Waals surface area (Å²) in [5, 5.41) is 16.1. The van der Waals surface area contributed by atoms with E-state index in [2.05, 4.69) is 41.8 Å². The van der Waals surface area contributed by atoms with Crippen molar-refractivity contribution >= 4 is 5.96 Å². The number of ether oxygens (including phenoxy) is 2. The molecule has 0 amide bonds. The Kier molecular flexibility index (Phi) is 9.04. The molecule has 0 aromatic heterocycles. The second kappa shape index (κ2) is 11.3. The first kappa shape index (κ1) is 21.7. The maximum atomic E-state index is 9.38. The van der Waals surface area contributed by atoms with Crippen LogP contribution in [0.15, 0.2) is 29.3 Å². The fourth-order valence-corrected chi connectivity index (χ4v) is 3.18. The second-order valence-corrected chi connectivity index (χ2v) is 7.50. The van der Waals surface area contributed by atoms with Crippen LogP contribution in [0.25, 0.3) is 0 Å². The monoisotopic (exact) mass is 377 g/mol. The van der Waals surface area contributed by atoms with Crippen LogP contribution in [0.5, 0.6) is 0 Å². The van der Waals surface area contributed by atoms with E-state index in [1.807, 2.05) is 13.8 Å². The zero-order valence-electron chi connectivity index (χ0n) is 17.0. The summed E-state index contributed by atoms with van der Waals surface area (Å²) in [6, 6.07) is 8.37. The summed E-state index contributed by atoms with van der Waals surface area (Å²) in [6.45, 7) is 10.6. The summed E-state index contributed by atoms with van der Waals surface area (Å²) in [7, 11) is 0. The van der Waals surface area contributed by atoms with Crippen LogP contribution in [0.2, 0.25) is 0 Å². The molecule has 1 aromatic rings. The minimum atomic E-state index is -0.000950. The molecule has 152 valence electrons. The first-order valence-corrected chi connectivity index (χ1v) is 9.97. The molecule has 1 aromatic carbocycles. The van der Waals surface area contributed by atoms with Crippen LogP contribution in [0, 0.1) is 5.41 Å². The van der Waals surface area contributed by atoms with E-state index in [1.165, 1.54) is 5.56 Å². The fraction of sp³-hybridized carbons (Fsp3) is 0.667. The maximum absolute atomic E-state index is 9.38. The minimum Gasteiger partial charge on any atom is -0.396 e. The molecule has 1 unspecified atom stereocenters. The Balaban J connectivity index is 1.95. The number of aliphatic hydroxyl groups excluding tert-OH is 1.